The zero-order chi connectivity index (χ0) is 14.0. The van der Waals surface area contributed by atoms with Crippen LogP contribution in [0, 0.1) is 0 Å². The molecule has 2 heterocycles. The number of amides is 1. The second-order valence-electron chi connectivity index (χ2n) is 5.90. The first-order valence-corrected chi connectivity index (χ1v) is 8.96. The van der Waals surface area contributed by atoms with E-state index < -0.39 is 9.84 Å². The number of sulfone groups is 1. The zero-order valence-electron chi connectivity index (χ0n) is 11.8. The number of rotatable bonds is 2. The van der Waals surface area contributed by atoms with E-state index in [1.807, 2.05) is 4.90 Å². The van der Waals surface area contributed by atoms with Crippen molar-refractivity contribution in [2.75, 3.05) is 18.1 Å². The van der Waals surface area contributed by atoms with Crippen molar-refractivity contribution in [2.45, 2.75) is 57.7 Å². The first kappa shape index (κ1) is 14.8. The van der Waals surface area contributed by atoms with E-state index in [4.69, 9.17) is 0 Å². The van der Waals surface area contributed by atoms with Gasteiger partial charge < -0.3 is 10.2 Å². The summed E-state index contributed by atoms with van der Waals surface area (Å²) in [6, 6.07) is 0.334. The highest BCUT2D eigenvalue weighted by atomic mass is 32.2. The third kappa shape index (κ3) is 3.69. The van der Waals surface area contributed by atoms with Crippen molar-refractivity contribution in [1.29, 1.82) is 0 Å². The quantitative estimate of drug-likeness (QED) is 0.806. The molecule has 5 nitrogen and oxygen atoms in total. The van der Waals surface area contributed by atoms with E-state index in [1.54, 1.807) is 0 Å². The minimum Gasteiger partial charge on any atom is -0.337 e. The highest BCUT2D eigenvalue weighted by Crippen LogP contribution is 2.23. The summed E-state index contributed by atoms with van der Waals surface area (Å²) in [6.45, 7) is 4.63. The van der Waals surface area contributed by atoms with Crippen LogP contribution >= 0.6 is 0 Å². The number of nitrogens with one attached hydrogen (secondary N) is 1. The van der Waals surface area contributed by atoms with E-state index >= 15 is 0 Å². The van der Waals surface area contributed by atoms with Crippen molar-refractivity contribution in [3.05, 3.63) is 0 Å². The van der Waals surface area contributed by atoms with Gasteiger partial charge in [-0.05, 0) is 33.1 Å². The molecule has 3 atom stereocenters. The van der Waals surface area contributed by atoms with Gasteiger partial charge in [0.15, 0.2) is 9.84 Å². The standard InChI is InChI=1S/C13H24N2O3S/c1-10-4-3-5-11(2)15(10)13(16)8-12-9-19(17,18)7-6-14-12/h10-12,14H,3-9H2,1-2H3. The van der Waals surface area contributed by atoms with Crippen LogP contribution < -0.4 is 5.32 Å². The lowest BCUT2D eigenvalue weighted by atomic mass is 9.96. The molecule has 6 heteroatoms. The minimum atomic E-state index is -2.97. The molecule has 2 aliphatic heterocycles. The number of carbonyl (C=O) groups excluding carboxylic acids is 1. The first-order chi connectivity index (χ1) is 8.89. The van der Waals surface area contributed by atoms with E-state index in [9.17, 15) is 13.2 Å². The van der Waals surface area contributed by atoms with Crippen LogP contribution in [-0.4, -0.2) is 55.4 Å². The Morgan fingerprint density at radius 3 is 2.47 bits per heavy atom. The molecule has 0 aliphatic carbocycles. The molecule has 1 amide bonds. The Morgan fingerprint density at radius 2 is 1.89 bits per heavy atom. The molecular formula is C13H24N2O3S. The molecule has 0 aromatic carbocycles. The highest BCUT2D eigenvalue weighted by Gasteiger charge is 2.32. The van der Waals surface area contributed by atoms with Crippen LogP contribution in [0.5, 0.6) is 0 Å². The van der Waals surface area contributed by atoms with Gasteiger partial charge in [-0.3, -0.25) is 4.79 Å². The predicted molar refractivity (Wildman–Crippen MR) is 74.7 cm³/mol. The fourth-order valence-corrected chi connectivity index (χ4v) is 4.67. The second-order valence-corrected chi connectivity index (χ2v) is 8.13. The fourth-order valence-electron chi connectivity index (χ4n) is 3.23. The van der Waals surface area contributed by atoms with Gasteiger partial charge in [-0.1, -0.05) is 0 Å². The SMILES string of the molecule is CC1CCCC(C)N1C(=O)CC1CS(=O)(=O)CCN1. The monoisotopic (exact) mass is 288 g/mol. The Kier molecular flexibility index (Phi) is 4.50. The summed E-state index contributed by atoms with van der Waals surface area (Å²) in [7, 11) is -2.97. The number of likely N-dealkylation sites (tertiary alicyclic amines) is 1. The van der Waals surface area contributed by atoms with Crippen molar-refractivity contribution in [3.8, 4) is 0 Å². The fraction of sp³-hybridized carbons (Fsp3) is 0.923. The molecule has 2 aliphatic rings. The summed E-state index contributed by atoms with van der Waals surface area (Å²) in [6.07, 6.45) is 3.56. The van der Waals surface area contributed by atoms with Crippen LogP contribution in [0.3, 0.4) is 0 Å². The Bertz CT molecular complexity index is 425. The van der Waals surface area contributed by atoms with Gasteiger partial charge in [0.05, 0.1) is 11.5 Å². The van der Waals surface area contributed by atoms with Crippen LogP contribution in [0.15, 0.2) is 0 Å². The molecule has 19 heavy (non-hydrogen) atoms. The van der Waals surface area contributed by atoms with E-state index in [1.165, 1.54) is 6.42 Å². The first-order valence-electron chi connectivity index (χ1n) is 7.14. The minimum absolute atomic E-state index is 0.0919. The molecule has 0 aromatic rings. The van der Waals surface area contributed by atoms with E-state index in [0.717, 1.165) is 12.8 Å². The van der Waals surface area contributed by atoms with Crippen molar-refractivity contribution in [3.63, 3.8) is 0 Å². The van der Waals surface area contributed by atoms with Gasteiger partial charge in [0.1, 0.15) is 0 Å². The predicted octanol–water partition coefficient (Wildman–Crippen LogP) is 0.553. The highest BCUT2D eigenvalue weighted by molar-refractivity contribution is 7.91. The Hall–Kier alpha value is -0.620. The summed E-state index contributed by atoms with van der Waals surface area (Å²) in [4.78, 5) is 14.3. The maximum atomic E-state index is 12.4. The van der Waals surface area contributed by atoms with Crippen molar-refractivity contribution in [1.82, 2.24) is 10.2 Å². The molecule has 2 saturated heterocycles. The molecule has 2 rings (SSSR count). The van der Waals surface area contributed by atoms with Crippen LogP contribution in [0.2, 0.25) is 0 Å². The van der Waals surface area contributed by atoms with Gasteiger partial charge in [0.2, 0.25) is 5.91 Å². The summed E-state index contributed by atoms with van der Waals surface area (Å²) < 4.78 is 23.2. The van der Waals surface area contributed by atoms with Gasteiger partial charge in [0, 0.05) is 31.1 Å². The van der Waals surface area contributed by atoms with Crippen molar-refractivity contribution in [2.24, 2.45) is 0 Å². The Labute approximate surface area is 115 Å². The third-order valence-corrected chi connectivity index (χ3v) is 5.94. The molecule has 1 N–H and O–H groups in total. The smallest absolute Gasteiger partial charge is 0.224 e. The molecule has 2 fully saturated rings. The normalized spacial score (nSPS) is 35.1. The molecule has 3 unspecified atom stereocenters. The maximum Gasteiger partial charge on any atom is 0.224 e. The largest absolute Gasteiger partial charge is 0.337 e. The number of piperidine rings is 1. The molecule has 110 valence electrons. The summed E-state index contributed by atoms with van der Waals surface area (Å²) in [5.41, 5.74) is 0. The third-order valence-electron chi connectivity index (χ3n) is 4.20. The van der Waals surface area contributed by atoms with Crippen LogP contribution in [0.25, 0.3) is 0 Å². The number of carbonyl (C=O) groups is 1. The Morgan fingerprint density at radius 1 is 1.26 bits per heavy atom. The number of hydrogen-bond acceptors (Lipinski definition) is 4. The lowest BCUT2D eigenvalue weighted by Gasteiger charge is -2.40. The molecule has 0 aromatic heterocycles. The summed E-state index contributed by atoms with van der Waals surface area (Å²) in [5, 5.41) is 3.15. The number of hydrogen-bond donors (Lipinski definition) is 1. The lowest BCUT2D eigenvalue weighted by Crippen LogP contribution is -2.52. The van der Waals surface area contributed by atoms with Crippen LogP contribution in [-0.2, 0) is 14.6 Å². The summed E-state index contributed by atoms with van der Waals surface area (Å²) >= 11 is 0. The molecular weight excluding hydrogens is 264 g/mol. The van der Waals surface area contributed by atoms with Crippen molar-refractivity contribution >= 4 is 15.7 Å². The van der Waals surface area contributed by atoms with Gasteiger partial charge in [-0.15, -0.1) is 0 Å². The molecule has 0 saturated carbocycles. The second kappa shape index (κ2) is 5.79. The maximum absolute atomic E-state index is 12.4. The zero-order valence-corrected chi connectivity index (χ0v) is 12.6. The lowest BCUT2D eigenvalue weighted by molar-refractivity contribution is -0.137. The Balaban J connectivity index is 1.96. The molecule has 0 radical (unpaired) electrons. The topological polar surface area (TPSA) is 66.5 Å². The van der Waals surface area contributed by atoms with Gasteiger partial charge in [0.25, 0.3) is 0 Å². The van der Waals surface area contributed by atoms with Gasteiger partial charge in [-0.2, -0.15) is 0 Å². The van der Waals surface area contributed by atoms with E-state index in [-0.39, 0.29) is 35.5 Å². The summed E-state index contributed by atoms with van der Waals surface area (Å²) in [5.74, 6) is 0.373. The number of nitrogens with zero attached hydrogens (tertiary/aromatic N) is 1. The van der Waals surface area contributed by atoms with Crippen LogP contribution in [0.4, 0.5) is 0 Å². The van der Waals surface area contributed by atoms with Gasteiger partial charge >= 0.3 is 0 Å². The average molecular weight is 288 g/mol. The average Bonchev–Trinajstić information content (AvgIpc) is 2.27. The van der Waals surface area contributed by atoms with Crippen LogP contribution in [0.1, 0.15) is 39.5 Å². The van der Waals surface area contributed by atoms with Crippen molar-refractivity contribution < 1.29 is 13.2 Å². The molecule has 0 spiro atoms. The van der Waals surface area contributed by atoms with E-state index in [0.29, 0.717) is 13.0 Å². The van der Waals surface area contributed by atoms with Gasteiger partial charge in [-0.25, -0.2) is 8.42 Å². The molecule has 0 bridgehead atoms. The van der Waals surface area contributed by atoms with E-state index in [2.05, 4.69) is 19.2 Å².